The minimum absolute atomic E-state index is 0.710. The van der Waals surface area contributed by atoms with E-state index in [2.05, 4.69) is 21.5 Å². The molecule has 0 bridgehead atoms. The summed E-state index contributed by atoms with van der Waals surface area (Å²) in [6.07, 6.45) is 4.50. The second-order valence-electron chi connectivity index (χ2n) is 5.08. The fourth-order valence-electron chi connectivity index (χ4n) is 2.04. The van der Waals surface area contributed by atoms with Crippen molar-refractivity contribution in [1.29, 1.82) is 0 Å². The van der Waals surface area contributed by atoms with Crippen LogP contribution in [0, 0.1) is 13.8 Å². The Labute approximate surface area is 117 Å². The lowest BCUT2D eigenvalue weighted by atomic mass is 10.3. The zero-order chi connectivity index (χ0) is 13.4. The first-order valence-electron chi connectivity index (χ1n) is 6.55. The second-order valence-corrected chi connectivity index (χ2v) is 5.45. The normalized spacial score (nSPS) is 14.9. The van der Waals surface area contributed by atoms with Gasteiger partial charge in [0.25, 0.3) is 0 Å². The summed E-state index contributed by atoms with van der Waals surface area (Å²) in [6, 6.07) is 4.79. The zero-order valence-corrected chi connectivity index (χ0v) is 11.9. The number of aryl methyl sites for hydroxylation is 1. The first-order valence-corrected chi connectivity index (χ1v) is 6.93. The van der Waals surface area contributed by atoms with Crippen molar-refractivity contribution < 1.29 is 0 Å². The highest BCUT2D eigenvalue weighted by atomic mass is 35.5. The van der Waals surface area contributed by atoms with Crippen molar-refractivity contribution in [2.75, 3.05) is 0 Å². The number of nitrogens with one attached hydrogen (secondary N) is 1. The first-order chi connectivity index (χ1) is 9.15. The standard InChI is InChI=1S/C14H17ClN4/c1-9-14(15)10(2)19(18-9)13-6-3-11(8-17-13)7-16-12-4-5-12/h3,6,8,12,16H,4-5,7H2,1-2H3. The molecule has 0 spiro atoms. The van der Waals surface area contributed by atoms with Gasteiger partial charge in [0, 0.05) is 18.8 Å². The Morgan fingerprint density at radius 3 is 2.68 bits per heavy atom. The molecule has 0 unspecified atom stereocenters. The van der Waals surface area contributed by atoms with Gasteiger partial charge in [-0.1, -0.05) is 17.7 Å². The van der Waals surface area contributed by atoms with E-state index in [1.54, 1.807) is 4.68 Å². The zero-order valence-electron chi connectivity index (χ0n) is 11.2. The molecule has 0 aromatic carbocycles. The molecular formula is C14H17ClN4. The minimum atomic E-state index is 0.710. The van der Waals surface area contributed by atoms with Crippen LogP contribution in [-0.4, -0.2) is 20.8 Å². The molecule has 1 aliphatic carbocycles. The molecule has 0 radical (unpaired) electrons. The SMILES string of the molecule is Cc1nn(-c2ccc(CNC3CC3)cn2)c(C)c1Cl. The van der Waals surface area contributed by atoms with Crippen LogP contribution in [0.5, 0.6) is 0 Å². The summed E-state index contributed by atoms with van der Waals surface area (Å²) in [5, 5.41) is 8.58. The van der Waals surface area contributed by atoms with Gasteiger partial charge in [-0.05, 0) is 38.3 Å². The van der Waals surface area contributed by atoms with E-state index in [-0.39, 0.29) is 0 Å². The van der Waals surface area contributed by atoms with Crippen LogP contribution in [0.1, 0.15) is 29.8 Å². The summed E-state index contributed by atoms with van der Waals surface area (Å²) in [4.78, 5) is 4.46. The molecular weight excluding hydrogens is 260 g/mol. The molecule has 100 valence electrons. The molecule has 0 saturated heterocycles. The molecule has 3 rings (SSSR count). The van der Waals surface area contributed by atoms with Gasteiger partial charge in [0.15, 0.2) is 5.82 Å². The summed E-state index contributed by atoms with van der Waals surface area (Å²) < 4.78 is 1.79. The van der Waals surface area contributed by atoms with Crippen LogP contribution in [0.4, 0.5) is 0 Å². The average Bonchev–Trinajstić information content (AvgIpc) is 3.21. The van der Waals surface area contributed by atoms with Crippen LogP contribution in [0.25, 0.3) is 5.82 Å². The summed E-state index contributed by atoms with van der Waals surface area (Å²) >= 11 is 6.15. The van der Waals surface area contributed by atoms with E-state index in [1.807, 2.05) is 26.1 Å². The van der Waals surface area contributed by atoms with E-state index in [0.717, 1.165) is 29.8 Å². The van der Waals surface area contributed by atoms with E-state index in [9.17, 15) is 0 Å². The van der Waals surface area contributed by atoms with Gasteiger partial charge >= 0.3 is 0 Å². The predicted molar refractivity (Wildman–Crippen MR) is 75.7 cm³/mol. The van der Waals surface area contributed by atoms with Crippen molar-refractivity contribution in [3.05, 3.63) is 40.3 Å². The van der Waals surface area contributed by atoms with Crippen molar-refractivity contribution in [1.82, 2.24) is 20.1 Å². The van der Waals surface area contributed by atoms with Crippen LogP contribution in [0.3, 0.4) is 0 Å². The summed E-state index contributed by atoms with van der Waals surface area (Å²) in [6.45, 7) is 4.74. The van der Waals surface area contributed by atoms with Gasteiger partial charge in [0.1, 0.15) is 0 Å². The first kappa shape index (κ1) is 12.6. The number of rotatable bonds is 4. The molecule has 19 heavy (non-hydrogen) atoms. The van der Waals surface area contributed by atoms with Gasteiger partial charge in [-0.25, -0.2) is 9.67 Å². The van der Waals surface area contributed by atoms with Gasteiger partial charge in [-0.2, -0.15) is 5.10 Å². The highest BCUT2D eigenvalue weighted by molar-refractivity contribution is 6.31. The lowest BCUT2D eigenvalue weighted by molar-refractivity contribution is 0.684. The quantitative estimate of drug-likeness (QED) is 0.934. The Hall–Kier alpha value is -1.39. The third kappa shape index (κ3) is 2.65. The number of nitrogens with zero attached hydrogens (tertiary/aromatic N) is 3. The number of pyridine rings is 1. The number of aromatic nitrogens is 3. The molecule has 1 aliphatic rings. The summed E-state index contributed by atoms with van der Waals surface area (Å²) in [5.41, 5.74) is 2.96. The number of hydrogen-bond donors (Lipinski definition) is 1. The summed E-state index contributed by atoms with van der Waals surface area (Å²) in [7, 11) is 0. The largest absolute Gasteiger partial charge is 0.310 e. The van der Waals surface area contributed by atoms with Crippen LogP contribution in [0.15, 0.2) is 18.3 Å². The fraction of sp³-hybridized carbons (Fsp3) is 0.429. The molecule has 1 saturated carbocycles. The molecule has 2 aromatic rings. The van der Waals surface area contributed by atoms with Crippen LogP contribution in [-0.2, 0) is 6.54 Å². The van der Waals surface area contributed by atoms with Crippen LogP contribution in [0.2, 0.25) is 5.02 Å². The number of halogens is 1. The van der Waals surface area contributed by atoms with Crippen molar-refractivity contribution >= 4 is 11.6 Å². The van der Waals surface area contributed by atoms with Gasteiger partial charge in [-0.15, -0.1) is 0 Å². The smallest absolute Gasteiger partial charge is 0.153 e. The maximum Gasteiger partial charge on any atom is 0.153 e. The molecule has 0 atom stereocenters. The molecule has 1 N–H and O–H groups in total. The highest BCUT2D eigenvalue weighted by Crippen LogP contribution is 2.22. The van der Waals surface area contributed by atoms with Gasteiger partial charge < -0.3 is 5.32 Å². The third-order valence-corrected chi connectivity index (χ3v) is 3.95. The van der Waals surface area contributed by atoms with Crippen molar-refractivity contribution in [3.63, 3.8) is 0 Å². The molecule has 5 heteroatoms. The van der Waals surface area contributed by atoms with Crippen molar-refractivity contribution in [2.24, 2.45) is 0 Å². The topological polar surface area (TPSA) is 42.7 Å². The fourth-order valence-corrected chi connectivity index (χ4v) is 2.16. The Balaban J connectivity index is 1.78. The highest BCUT2D eigenvalue weighted by Gasteiger charge is 2.20. The lowest BCUT2D eigenvalue weighted by Gasteiger charge is -2.06. The van der Waals surface area contributed by atoms with Crippen molar-refractivity contribution in [2.45, 2.75) is 39.3 Å². The minimum Gasteiger partial charge on any atom is -0.310 e. The molecule has 0 aliphatic heterocycles. The van der Waals surface area contributed by atoms with Gasteiger partial charge in [-0.3, -0.25) is 0 Å². The van der Waals surface area contributed by atoms with E-state index >= 15 is 0 Å². The Kier molecular flexibility index (Phi) is 3.29. The summed E-state index contributed by atoms with van der Waals surface area (Å²) in [5.74, 6) is 0.808. The van der Waals surface area contributed by atoms with E-state index in [4.69, 9.17) is 11.6 Å². The second kappa shape index (κ2) is 4.94. The maximum absolute atomic E-state index is 6.15. The Bertz CT molecular complexity index is 584. The Morgan fingerprint density at radius 1 is 1.37 bits per heavy atom. The molecule has 2 aromatic heterocycles. The Morgan fingerprint density at radius 2 is 2.16 bits per heavy atom. The maximum atomic E-state index is 6.15. The van der Waals surface area contributed by atoms with E-state index < -0.39 is 0 Å². The van der Waals surface area contributed by atoms with E-state index in [1.165, 1.54) is 18.4 Å². The van der Waals surface area contributed by atoms with Gasteiger partial charge in [0.05, 0.1) is 16.4 Å². The monoisotopic (exact) mass is 276 g/mol. The third-order valence-electron chi connectivity index (χ3n) is 3.40. The van der Waals surface area contributed by atoms with Crippen molar-refractivity contribution in [3.8, 4) is 5.82 Å². The van der Waals surface area contributed by atoms with Crippen LogP contribution >= 0.6 is 11.6 Å². The lowest BCUT2D eigenvalue weighted by Crippen LogP contribution is -2.15. The molecule has 2 heterocycles. The number of hydrogen-bond acceptors (Lipinski definition) is 3. The average molecular weight is 277 g/mol. The van der Waals surface area contributed by atoms with Crippen LogP contribution < -0.4 is 5.32 Å². The predicted octanol–water partition coefficient (Wildman–Crippen LogP) is 2.79. The molecule has 4 nitrogen and oxygen atoms in total. The van der Waals surface area contributed by atoms with E-state index in [0.29, 0.717) is 5.02 Å². The van der Waals surface area contributed by atoms with Gasteiger partial charge in [0.2, 0.25) is 0 Å². The molecule has 0 amide bonds. The molecule has 1 fully saturated rings.